The van der Waals surface area contributed by atoms with Gasteiger partial charge in [-0.3, -0.25) is 4.79 Å². The molecule has 126 valence electrons. The highest BCUT2D eigenvalue weighted by atomic mass is 32.1. The topological polar surface area (TPSA) is 68.5 Å². The predicted octanol–water partition coefficient (Wildman–Crippen LogP) is 3.11. The Labute approximate surface area is 144 Å². The van der Waals surface area contributed by atoms with Crippen molar-refractivity contribution in [2.75, 3.05) is 11.9 Å². The summed E-state index contributed by atoms with van der Waals surface area (Å²) < 4.78 is 6.99. The van der Waals surface area contributed by atoms with E-state index in [4.69, 9.17) is 4.74 Å². The summed E-state index contributed by atoms with van der Waals surface area (Å²) in [5.41, 5.74) is 1.49. The monoisotopic (exact) mass is 344 g/mol. The van der Waals surface area contributed by atoms with Crippen LogP contribution in [0.15, 0.2) is 35.1 Å². The predicted molar refractivity (Wildman–Crippen MR) is 96.1 cm³/mol. The molecule has 0 aliphatic heterocycles. The number of hydrogen-bond acceptors (Lipinski definition) is 6. The highest BCUT2D eigenvalue weighted by Gasteiger charge is 2.08. The van der Waals surface area contributed by atoms with Gasteiger partial charge in [-0.15, -0.1) is 0 Å². The Morgan fingerprint density at radius 3 is 2.96 bits per heavy atom. The van der Waals surface area contributed by atoms with Gasteiger partial charge in [0.05, 0.1) is 18.8 Å². The van der Waals surface area contributed by atoms with Crippen molar-refractivity contribution in [1.82, 2.24) is 14.6 Å². The summed E-state index contributed by atoms with van der Waals surface area (Å²) in [6.07, 6.45) is 1.77. The van der Waals surface area contributed by atoms with Gasteiger partial charge in [-0.2, -0.15) is 9.61 Å². The van der Waals surface area contributed by atoms with Crippen LogP contribution in [0, 0.1) is 0 Å². The van der Waals surface area contributed by atoms with Gasteiger partial charge in [-0.1, -0.05) is 31.3 Å². The van der Waals surface area contributed by atoms with Gasteiger partial charge in [0.25, 0.3) is 5.56 Å². The smallest absolute Gasteiger partial charge is 0.275 e. The fourth-order valence-electron chi connectivity index (χ4n) is 2.24. The normalized spacial score (nSPS) is 10.9. The van der Waals surface area contributed by atoms with E-state index >= 15 is 0 Å². The number of rotatable bonds is 7. The summed E-state index contributed by atoms with van der Waals surface area (Å²) in [7, 11) is 0. The molecular weight excluding hydrogens is 324 g/mol. The van der Waals surface area contributed by atoms with Crippen molar-refractivity contribution in [3.63, 3.8) is 0 Å². The number of aryl methyl sites for hydroxylation is 1. The van der Waals surface area contributed by atoms with Crippen LogP contribution in [-0.2, 0) is 13.0 Å². The molecule has 1 aromatic carbocycles. The van der Waals surface area contributed by atoms with Gasteiger partial charge in [-0.05, 0) is 25.0 Å². The number of fused-ring (bicyclic) bond motifs is 1. The van der Waals surface area contributed by atoms with Crippen LogP contribution >= 0.6 is 11.3 Å². The molecule has 24 heavy (non-hydrogen) atoms. The molecule has 0 saturated carbocycles. The maximum atomic E-state index is 12.1. The second-order valence-electron chi connectivity index (χ2n) is 5.36. The minimum Gasteiger partial charge on any atom is -0.494 e. The quantitative estimate of drug-likeness (QED) is 0.713. The highest BCUT2D eigenvalue weighted by Crippen LogP contribution is 2.18. The van der Waals surface area contributed by atoms with Crippen molar-refractivity contribution in [3.8, 4) is 5.75 Å². The van der Waals surface area contributed by atoms with Gasteiger partial charge in [0.15, 0.2) is 0 Å². The average Bonchev–Trinajstić information content (AvgIpc) is 3.02. The summed E-state index contributed by atoms with van der Waals surface area (Å²) in [5, 5.41) is 8.45. The molecule has 3 aromatic rings. The summed E-state index contributed by atoms with van der Waals surface area (Å²) in [6, 6.07) is 9.31. The zero-order valence-corrected chi connectivity index (χ0v) is 14.6. The molecule has 0 spiro atoms. The molecule has 0 aliphatic carbocycles. The Balaban J connectivity index is 1.74. The lowest BCUT2D eigenvalue weighted by molar-refractivity contribution is 0.317. The minimum absolute atomic E-state index is 0.146. The third-order valence-corrected chi connectivity index (χ3v) is 4.48. The van der Waals surface area contributed by atoms with E-state index in [2.05, 4.69) is 22.3 Å². The van der Waals surface area contributed by atoms with E-state index in [-0.39, 0.29) is 5.56 Å². The van der Waals surface area contributed by atoms with E-state index in [1.54, 1.807) is 0 Å². The van der Waals surface area contributed by atoms with Crippen molar-refractivity contribution < 1.29 is 4.74 Å². The first-order valence-electron chi connectivity index (χ1n) is 8.05. The Hall–Kier alpha value is -2.41. The Bertz CT molecular complexity index is 888. The summed E-state index contributed by atoms with van der Waals surface area (Å²) in [6.45, 7) is 5.26. The van der Waals surface area contributed by atoms with Crippen molar-refractivity contribution >= 4 is 22.0 Å². The van der Waals surface area contributed by atoms with E-state index in [0.717, 1.165) is 29.3 Å². The van der Waals surface area contributed by atoms with Gasteiger partial charge in [-0.25, -0.2) is 4.98 Å². The van der Waals surface area contributed by atoms with Crippen LogP contribution in [0.1, 0.15) is 31.0 Å². The molecule has 0 saturated heterocycles. The maximum Gasteiger partial charge on any atom is 0.275 e. The van der Waals surface area contributed by atoms with Crippen molar-refractivity contribution in [2.45, 2.75) is 33.2 Å². The molecule has 2 heterocycles. The molecular formula is C17H20N4O2S. The molecule has 0 fully saturated rings. The van der Waals surface area contributed by atoms with E-state index in [0.29, 0.717) is 23.8 Å². The second-order valence-corrected chi connectivity index (χ2v) is 6.40. The first-order chi connectivity index (χ1) is 11.7. The van der Waals surface area contributed by atoms with Crippen LogP contribution in [0.3, 0.4) is 0 Å². The number of benzene rings is 1. The lowest BCUT2D eigenvalue weighted by atomic mass is 10.3. The van der Waals surface area contributed by atoms with Gasteiger partial charge in [0.1, 0.15) is 10.8 Å². The zero-order valence-electron chi connectivity index (χ0n) is 13.8. The fraction of sp³-hybridized carbons (Fsp3) is 0.353. The molecule has 0 unspecified atom stereocenters. The van der Waals surface area contributed by atoms with Gasteiger partial charge in [0.2, 0.25) is 4.96 Å². The summed E-state index contributed by atoms with van der Waals surface area (Å²) in [4.78, 5) is 17.3. The summed E-state index contributed by atoms with van der Waals surface area (Å²) in [5.74, 6) is 0.834. The standard InChI is InChI=1S/C17H20N4O2S/c1-3-8-23-14-7-5-6-12(9-14)18-11-13-10-16(22)21-17(19-13)24-15(4-2)20-21/h5-7,9-10,18H,3-4,8,11H2,1-2H3. The summed E-state index contributed by atoms with van der Waals surface area (Å²) >= 11 is 1.45. The molecule has 0 atom stereocenters. The highest BCUT2D eigenvalue weighted by molar-refractivity contribution is 7.16. The molecule has 6 nitrogen and oxygen atoms in total. The average molecular weight is 344 g/mol. The van der Waals surface area contributed by atoms with Crippen molar-refractivity contribution in [2.24, 2.45) is 0 Å². The number of nitrogens with zero attached hydrogens (tertiary/aromatic N) is 3. The molecule has 0 aliphatic rings. The second kappa shape index (κ2) is 7.44. The first kappa shape index (κ1) is 16.4. The van der Waals surface area contributed by atoms with Gasteiger partial charge in [0, 0.05) is 17.8 Å². The Morgan fingerprint density at radius 2 is 2.17 bits per heavy atom. The molecule has 7 heteroatoms. The third-order valence-electron chi connectivity index (χ3n) is 3.42. The van der Waals surface area contributed by atoms with Crippen LogP contribution in [0.25, 0.3) is 4.96 Å². The Morgan fingerprint density at radius 1 is 1.29 bits per heavy atom. The zero-order chi connectivity index (χ0) is 16.9. The van der Waals surface area contributed by atoms with Crippen LogP contribution in [-0.4, -0.2) is 21.2 Å². The molecule has 2 aromatic heterocycles. The SMILES string of the molecule is CCCOc1cccc(NCc2cc(=O)n3nc(CC)sc3n2)c1. The lowest BCUT2D eigenvalue weighted by Crippen LogP contribution is -2.16. The molecule has 1 N–H and O–H groups in total. The third kappa shape index (κ3) is 3.73. The van der Waals surface area contributed by atoms with Crippen LogP contribution in [0.2, 0.25) is 0 Å². The van der Waals surface area contributed by atoms with E-state index in [1.807, 2.05) is 31.2 Å². The molecule has 0 radical (unpaired) electrons. The molecule has 3 rings (SSSR count). The maximum absolute atomic E-state index is 12.1. The number of anilines is 1. The van der Waals surface area contributed by atoms with E-state index < -0.39 is 0 Å². The molecule has 0 amide bonds. The molecule has 0 bridgehead atoms. The number of ether oxygens (including phenoxy) is 1. The number of nitrogens with one attached hydrogen (secondary N) is 1. The van der Waals surface area contributed by atoms with Crippen molar-refractivity contribution in [3.05, 3.63) is 51.4 Å². The Kier molecular flexibility index (Phi) is 5.10. The number of aromatic nitrogens is 3. The van der Waals surface area contributed by atoms with E-state index in [9.17, 15) is 4.79 Å². The lowest BCUT2D eigenvalue weighted by Gasteiger charge is -2.09. The van der Waals surface area contributed by atoms with Crippen LogP contribution < -0.4 is 15.6 Å². The van der Waals surface area contributed by atoms with Crippen LogP contribution in [0.5, 0.6) is 5.75 Å². The largest absolute Gasteiger partial charge is 0.494 e. The number of hydrogen-bond donors (Lipinski definition) is 1. The van der Waals surface area contributed by atoms with Gasteiger partial charge >= 0.3 is 0 Å². The fourth-order valence-corrected chi connectivity index (χ4v) is 3.10. The van der Waals surface area contributed by atoms with E-state index in [1.165, 1.54) is 21.9 Å². The first-order valence-corrected chi connectivity index (χ1v) is 8.86. The minimum atomic E-state index is -0.146. The van der Waals surface area contributed by atoms with Gasteiger partial charge < -0.3 is 10.1 Å². The van der Waals surface area contributed by atoms with Crippen molar-refractivity contribution in [1.29, 1.82) is 0 Å². The van der Waals surface area contributed by atoms with Crippen LogP contribution in [0.4, 0.5) is 5.69 Å².